The Morgan fingerprint density at radius 1 is 1.31 bits per heavy atom. The van der Waals surface area contributed by atoms with E-state index in [2.05, 4.69) is 6.58 Å². The highest BCUT2D eigenvalue weighted by Gasteiger charge is 2.35. The lowest BCUT2D eigenvalue weighted by Crippen LogP contribution is -2.44. The Kier molecular flexibility index (Phi) is 6.19. The molecule has 29 heavy (non-hydrogen) atoms. The van der Waals surface area contributed by atoms with Gasteiger partial charge in [-0.25, -0.2) is 13.4 Å². The summed E-state index contributed by atoms with van der Waals surface area (Å²) in [6.07, 6.45) is 7.16. The minimum absolute atomic E-state index is 0.0316. The van der Waals surface area contributed by atoms with E-state index >= 15 is 0 Å². The number of nitrogens with zero attached hydrogens (tertiary/aromatic N) is 3. The van der Waals surface area contributed by atoms with Crippen molar-refractivity contribution in [1.82, 2.24) is 9.29 Å². The molecule has 0 bridgehead atoms. The predicted octanol–water partition coefficient (Wildman–Crippen LogP) is 3.70. The topological polar surface area (TPSA) is 70.6 Å². The van der Waals surface area contributed by atoms with Crippen molar-refractivity contribution in [2.45, 2.75) is 42.7 Å². The standard InChI is InChI=1S/C20H25N3O3S3/c1-2-11-23(20-21-16-6-3-4-7-17(16)28-20)19(24)15-9-12-22(13-10-15)29(25,26)18-8-5-14-27-18/h2,5,8,14-15H,1,3-4,6-7,9-13H2. The van der Waals surface area contributed by atoms with Crippen LogP contribution in [0.4, 0.5) is 5.13 Å². The molecule has 0 spiro atoms. The van der Waals surface area contributed by atoms with E-state index in [1.807, 2.05) is 0 Å². The van der Waals surface area contributed by atoms with Crippen LogP contribution >= 0.6 is 22.7 Å². The van der Waals surface area contributed by atoms with Gasteiger partial charge in [0.2, 0.25) is 5.91 Å². The van der Waals surface area contributed by atoms with Gasteiger partial charge in [-0.2, -0.15) is 4.31 Å². The number of amides is 1. The van der Waals surface area contributed by atoms with Gasteiger partial charge in [-0.3, -0.25) is 9.69 Å². The smallest absolute Gasteiger partial charge is 0.252 e. The number of thiophene rings is 1. The summed E-state index contributed by atoms with van der Waals surface area (Å²) in [6, 6.07) is 3.38. The Bertz CT molecular complexity index is 951. The molecule has 0 atom stereocenters. The first-order chi connectivity index (χ1) is 14.0. The second-order valence-corrected chi connectivity index (χ2v) is 11.6. The molecule has 0 N–H and O–H groups in total. The van der Waals surface area contributed by atoms with E-state index in [1.165, 1.54) is 26.9 Å². The number of sulfonamides is 1. The zero-order valence-corrected chi connectivity index (χ0v) is 18.7. The summed E-state index contributed by atoms with van der Waals surface area (Å²) in [7, 11) is -3.45. The Morgan fingerprint density at radius 3 is 2.72 bits per heavy atom. The van der Waals surface area contributed by atoms with Gasteiger partial charge in [0.25, 0.3) is 10.0 Å². The van der Waals surface area contributed by atoms with Crippen molar-refractivity contribution in [1.29, 1.82) is 0 Å². The minimum atomic E-state index is -3.45. The second-order valence-electron chi connectivity index (χ2n) is 7.42. The Morgan fingerprint density at radius 2 is 2.07 bits per heavy atom. The molecule has 1 fully saturated rings. The van der Waals surface area contributed by atoms with Crippen molar-refractivity contribution < 1.29 is 13.2 Å². The predicted molar refractivity (Wildman–Crippen MR) is 117 cm³/mol. The summed E-state index contributed by atoms with van der Waals surface area (Å²) in [5, 5.41) is 2.53. The van der Waals surface area contributed by atoms with Crippen molar-refractivity contribution in [2.24, 2.45) is 5.92 Å². The van der Waals surface area contributed by atoms with Gasteiger partial charge in [0.1, 0.15) is 4.21 Å². The van der Waals surface area contributed by atoms with Gasteiger partial charge in [-0.05, 0) is 50.0 Å². The maximum Gasteiger partial charge on any atom is 0.252 e. The molecule has 1 aliphatic carbocycles. The maximum atomic E-state index is 13.3. The number of piperidine rings is 1. The molecule has 2 aromatic rings. The first kappa shape index (κ1) is 20.7. The Labute approximate surface area is 179 Å². The maximum absolute atomic E-state index is 13.3. The van der Waals surface area contributed by atoms with E-state index in [0.29, 0.717) is 36.7 Å². The van der Waals surface area contributed by atoms with Crippen LogP contribution in [0.3, 0.4) is 0 Å². The van der Waals surface area contributed by atoms with Crippen LogP contribution in [-0.4, -0.2) is 43.2 Å². The number of rotatable bonds is 6. The number of carbonyl (C=O) groups is 1. The molecule has 0 aromatic carbocycles. The van der Waals surface area contributed by atoms with Crippen LogP contribution in [0.2, 0.25) is 0 Å². The minimum Gasteiger partial charge on any atom is -0.284 e. The zero-order chi connectivity index (χ0) is 20.4. The van der Waals surface area contributed by atoms with Crippen LogP contribution < -0.4 is 4.90 Å². The fourth-order valence-electron chi connectivity index (χ4n) is 3.95. The highest BCUT2D eigenvalue weighted by Crippen LogP contribution is 2.34. The van der Waals surface area contributed by atoms with E-state index < -0.39 is 10.0 Å². The molecule has 2 aromatic heterocycles. The van der Waals surface area contributed by atoms with Crippen LogP contribution in [0.25, 0.3) is 0 Å². The number of carbonyl (C=O) groups excluding carboxylic acids is 1. The summed E-state index contributed by atoms with van der Waals surface area (Å²) in [5.41, 5.74) is 1.13. The highest BCUT2D eigenvalue weighted by molar-refractivity contribution is 7.91. The lowest BCUT2D eigenvalue weighted by molar-refractivity contribution is -0.123. The molecule has 2 aliphatic rings. The molecule has 1 saturated heterocycles. The molecule has 3 heterocycles. The third-order valence-electron chi connectivity index (χ3n) is 5.54. The normalized spacial score (nSPS) is 18.3. The Balaban J connectivity index is 1.46. The molecule has 0 unspecified atom stereocenters. The quantitative estimate of drug-likeness (QED) is 0.628. The van der Waals surface area contributed by atoms with Crippen molar-refractivity contribution in [3.8, 4) is 0 Å². The van der Waals surface area contributed by atoms with Crippen LogP contribution in [0.15, 0.2) is 34.4 Å². The average molecular weight is 452 g/mol. The number of thiazole rings is 1. The van der Waals surface area contributed by atoms with Crippen LogP contribution in [-0.2, 0) is 27.7 Å². The van der Waals surface area contributed by atoms with Gasteiger partial charge in [0.05, 0.1) is 5.69 Å². The third kappa shape index (κ3) is 4.19. The van der Waals surface area contributed by atoms with Crippen molar-refractivity contribution in [3.05, 3.63) is 40.7 Å². The van der Waals surface area contributed by atoms with E-state index in [1.54, 1.807) is 39.8 Å². The molecule has 4 rings (SSSR count). The lowest BCUT2D eigenvalue weighted by atomic mass is 9.96. The summed E-state index contributed by atoms with van der Waals surface area (Å²) in [6.45, 7) is 4.97. The van der Waals surface area contributed by atoms with Gasteiger partial charge < -0.3 is 0 Å². The molecule has 6 nitrogen and oxygen atoms in total. The van der Waals surface area contributed by atoms with E-state index in [-0.39, 0.29) is 11.8 Å². The fourth-order valence-corrected chi connectivity index (χ4v) is 7.72. The number of aryl methyl sites for hydroxylation is 2. The van der Waals surface area contributed by atoms with Crippen molar-refractivity contribution in [2.75, 3.05) is 24.5 Å². The van der Waals surface area contributed by atoms with E-state index in [4.69, 9.17) is 4.98 Å². The van der Waals surface area contributed by atoms with E-state index in [0.717, 1.165) is 30.1 Å². The molecular formula is C20H25N3O3S3. The first-order valence-electron chi connectivity index (χ1n) is 9.95. The zero-order valence-electron chi connectivity index (χ0n) is 16.2. The van der Waals surface area contributed by atoms with Crippen molar-refractivity contribution >= 4 is 43.7 Å². The molecule has 156 valence electrons. The molecule has 1 aliphatic heterocycles. The molecule has 1 amide bonds. The lowest BCUT2D eigenvalue weighted by Gasteiger charge is -2.32. The number of aromatic nitrogens is 1. The monoisotopic (exact) mass is 451 g/mol. The number of hydrogen-bond donors (Lipinski definition) is 0. The fraction of sp³-hybridized carbons (Fsp3) is 0.500. The molecular weight excluding hydrogens is 426 g/mol. The summed E-state index contributed by atoms with van der Waals surface area (Å²) < 4.78 is 27.3. The van der Waals surface area contributed by atoms with Crippen LogP contribution in [0, 0.1) is 5.92 Å². The van der Waals surface area contributed by atoms with Crippen LogP contribution in [0.5, 0.6) is 0 Å². The number of anilines is 1. The van der Waals surface area contributed by atoms with Gasteiger partial charge >= 0.3 is 0 Å². The van der Waals surface area contributed by atoms with Gasteiger partial charge in [-0.15, -0.1) is 29.3 Å². The van der Waals surface area contributed by atoms with Crippen molar-refractivity contribution in [3.63, 3.8) is 0 Å². The largest absolute Gasteiger partial charge is 0.284 e. The SMILES string of the molecule is C=CCN(C(=O)C1CCN(S(=O)(=O)c2cccs2)CC1)c1nc2c(s1)CCCC2. The molecule has 9 heteroatoms. The summed E-state index contributed by atoms with van der Waals surface area (Å²) >= 11 is 2.85. The average Bonchev–Trinajstić information content (AvgIpc) is 3.41. The third-order valence-corrected chi connectivity index (χ3v) is 9.99. The first-order valence-corrected chi connectivity index (χ1v) is 13.1. The van der Waals surface area contributed by atoms with Gasteiger partial charge in [-0.1, -0.05) is 12.1 Å². The van der Waals surface area contributed by atoms with Gasteiger partial charge in [0.15, 0.2) is 5.13 Å². The Hall–Kier alpha value is -1.55. The van der Waals surface area contributed by atoms with E-state index in [9.17, 15) is 13.2 Å². The number of hydrogen-bond acceptors (Lipinski definition) is 6. The molecule has 0 radical (unpaired) electrons. The summed E-state index contributed by atoms with van der Waals surface area (Å²) in [4.78, 5) is 21.0. The highest BCUT2D eigenvalue weighted by atomic mass is 32.2. The summed E-state index contributed by atoms with van der Waals surface area (Å²) in [5.74, 6) is -0.158. The van der Waals surface area contributed by atoms with Gasteiger partial charge in [0, 0.05) is 30.4 Å². The number of fused-ring (bicyclic) bond motifs is 1. The second kappa shape index (κ2) is 8.67. The molecule has 0 saturated carbocycles. The van der Waals surface area contributed by atoms with Crippen LogP contribution in [0.1, 0.15) is 36.3 Å².